The molecule has 3 aliphatic carbocycles. The third-order valence-corrected chi connectivity index (χ3v) is 5.55. The standard InChI is InChI=1S/C17H16ClN5O/c18-13-12(6-20-23(13)7-11-4-2-1-3-5-11)14-21-15(22-24-14)16-8-17(19,9-16)10-16/h1-6H,7-10,19H2. The van der Waals surface area contributed by atoms with Gasteiger partial charge in [-0.15, -0.1) is 0 Å². The number of halogens is 1. The number of hydrogen-bond donors (Lipinski definition) is 1. The average molecular weight is 342 g/mol. The van der Waals surface area contributed by atoms with Gasteiger partial charge in [0.15, 0.2) is 5.82 Å². The fraction of sp³-hybridized carbons (Fsp3) is 0.353. The van der Waals surface area contributed by atoms with Crippen LogP contribution in [0.25, 0.3) is 11.5 Å². The van der Waals surface area contributed by atoms with E-state index < -0.39 is 0 Å². The summed E-state index contributed by atoms with van der Waals surface area (Å²) in [7, 11) is 0. The molecule has 0 radical (unpaired) electrons. The van der Waals surface area contributed by atoms with Crippen LogP contribution in [0.4, 0.5) is 0 Å². The van der Waals surface area contributed by atoms with Crippen LogP contribution >= 0.6 is 11.6 Å². The lowest BCUT2D eigenvalue weighted by atomic mass is 9.39. The lowest BCUT2D eigenvalue weighted by Gasteiger charge is -2.67. The highest BCUT2D eigenvalue weighted by Gasteiger charge is 2.68. The molecule has 0 saturated heterocycles. The third-order valence-electron chi connectivity index (χ3n) is 5.15. The van der Waals surface area contributed by atoms with E-state index in [0.717, 1.165) is 30.7 Å². The van der Waals surface area contributed by atoms with Crippen LogP contribution in [0, 0.1) is 0 Å². The van der Waals surface area contributed by atoms with Gasteiger partial charge >= 0.3 is 0 Å². The molecule has 0 unspecified atom stereocenters. The summed E-state index contributed by atoms with van der Waals surface area (Å²) in [4.78, 5) is 4.55. The number of rotatable bonds is 4. The van der Waals surface area contributed by atoms with Crippen molar-refractivity contribution in [2.75, 3.05) is 0 Å². The minimum Gasteiger partial charge on any atom is -0.334 e. The van der Waals surface area contributed by atoms with Gasteiger partial charge in [0, 0.05) is 11.0 Å². The molecule has 3 fully saturated rings. The first-order valence-electron chi connectivity index (χ1n) is 7.96. The highest BCUT2D eigenvalue weighted by molar-refractivity contribution is 6.32. The summed E-state index contributed by atoms with van der Waals surface area (Å²) >= 11 is 6.46. The molecule has 2 heterocycles. The summed E-state index contributed by atoms with van der Waals surface area (Å²) < 4.78 is 7.16. The smallest absolute Gasteiger partial charge is 0.262 e. The molecule has 0 atom stereocenters. The Morgan fingerprint density at radius 1 is 1.21 bits per heavy atom. The molecule has 7 heteroatoms. The molecule has 2 bridgehead atoms. The van der Waals surface area contributed by atoms with Crippen molar-refractivity contribution >= 4 is 11.6 Å². The van der Waals surface area contributed by atoms with Crippen molar-refractivity contribution < 1.29 is 4.52 Å². The molecule has 3 aromatic rings. The van der Waals surface area contributed by atoms with Crippen LogP contribution in [0.5, 0.6) is 0 Å². The lowest BCUT2D eigenvalue weighted by molar-refractivity contribution is -0.0664. The molecule has 24 heavy (non-hydrogen) atoms. The molecule has 2 N–H and O–H groups in total. The Bertz CT molecular complexity index is 896. The van der Waals surface area contributed by atoms with Gasteiger partial charge in [-0.05, 0) is 24.8 Å². The Kier molecular flexibility index (Phi) is 2.76. The molecule has 6 nitrogen and oxygen atoms in total. The molecule has 3 saturated carbocycles. The average Bonchev–Trinajstić information content (AvgIpc) is 3.12. The van der Waals surface area contributed by atoms with Gasteiger partial charge < -0.3 is 10.3 Å². The molecule has 0 spiro atoms. The number of aromatic nitrogens is 4. The first kappa shape index (κ1) is 14.2. The van der Waals surface area contributed by atoms with Crippen molar-refractivity contribution in [2.24, 2.45) is 5.73 Å². The molecular formula is C17H16ClN5O. The predicted octanol–water partition coefficient (Wildman–Crippen LogP) is 2.77. The molecule has 1 aromatic carbocycles. The molecular weight excluding hydrogens is 326 g/mol. The maximum atomic E-state index is 6.46. The van der Waals surface area contributed by atoms with E-state index in [-0.39, 0.29) is 11.0 Å². The van der Waals surface area contributed by atoms with Gasteiger partial charge in [-0.3, -0.25) is 0 Å². The van der Waals surface area contributed by atoms with Crippen LogP contribution < -0.4 is 5.73 Å². The summed E-state index contributed by atoms with van der Waals surface area (Å²) in [6.45, 7) is 0.598. The first-order chi connectivity index (χ1) is 11.6. The van der Waals surface area contributed by atoms with E-state index in [2.05, 4.69) is 15.2 Å². The SMILES string of the molecule is NC12CC(c3noc(-c4cnn(Cc5ccccc5)c4Cl)n3)(C1)C2. The maximum Gasteiger partial charge on any atom is 0.262 e. The Morgan fingerprint density at radius 2 is 1.96 bits per heavy atom. The highest BCUT2D eigenvalue weighted by atomic mass is 35.5. The number of hydrogen-bond acceptors (Lipinski definition) is 5. The zero-order chi connectivity index (χ0) is 16.4. The van der Waals surface area contributed by atoms with Crippen LogP contribution in [0.2, 0.25) is 5.15 Å². The number of benzene rings is 1. The summed E-state index contributed by atoms with van der Waals surface area (Å²) in [5.41, 5.74) is 7.95. The molecule has 0 aliphatic heterocycles. The Morgan fingerprint density at radius 3 is 2.67 bits per heavy atom. The van der Waals surface area contributed by atoms with Crippen LogP contribution in [-0.2, 0) is 12.0 Å². The molecule has 3 aliphatic rings. The van der Waals surface area contributed by atoms with Gasteiger partial charge in [-0.25, -0.2) is 4.68 Å². The zero-order valence-corrected chi connectivity index (χ0v) is 13.7. The third kappa shape index (κ3) is 1.96. The normalized spacial score (nSPS) is 27.6. The second-order valence-electron chi connectivity index (χ2n) is 7.09. The monoisotopic (exact) mass is 341 g/mol. The largest absolute Gasteiger partial charge is 0.334 e. The number of nitrogens with zero attached hydrogens (tertiary/aromatic N) is 4. The Balaban J connectivity index is 1.41. The van der Waals surface area contributed by atoms with E-state index in [4.69, 9.17) is 21.9 Å². The fourth-order valence-corrected chi connectivity index (χ4v) is 4.27. The Labute approximate surface area is 143 Å². The maximum absolute atomic E-state index is 6.46. The minimum absolute atomic E-state index is 0.0129. The van der Waals surface area contributed by atoms with Gasteiger partial charge in [-0.2, -0.15) is 10.1 Å². The van der Waals surface area contributed by atoms with E-state index >= 15 is 0 Å². The quantitative estimate of drug-likeness (QED) is 0.789. The molecule has 122 valence electrons. The first-order valence-corrected chi connectivity index (χ1v) is 8.34. The van der Waals surface area contributed by atoms with Gasteiger partial charge in [0.2, 0.25) is 0 Å². The molecule has 6 rings (SSSR count). The van der Waals surface area contributed by atoms with Crippen LogP contribution in [-0.4, -0.2) is 25.5 Å². The van der Waals surface area contributed by atoms with Crippen LogP contribution in [0.3, 0.4) is 0 Å². The van der Waals surface area contributed by atoms with Crippen molar-refractivity contribution in [3.05, 3.63) is 53.1 Å². The second kappa shape index (κ2) is 4.68. The van der Waals surface area contributed by atoms with E-state index in [1.165, 1.54) is 0 Å². The minimum atomic E-state index is 0.0129. The van der Waals surface area contributed by atoms with E-state index in [1.54, 1.807) is 10.9 Å². The fourth-order valence-electron chi connectivity index (χ4n) is 4.03. The van der Waals surface area contributed by atoms with Gasteiger partial charge in [0.25, 0.3) is 5.89 Å². The van der Waals surface area contributed by atoms with E-state index in [1.807, 2.05) is 30.3 Å². The van der Waals surface area contributed by atoms with Crippen LogP contribution in [0.15, 0.2) is 41.1 Å². The number of nitrogens with two attached hydrogens (primary N) is 1. The van der Waals surface area contributed by atoms with Gasteiger partial charge in [0.05, 0.1) is 18.3 Å². The van der Waals surface area contributed by atoms with Crippen molar-refractivity contribution in [3.8, 4) is 11.5 Å². The van der Waals surface area contributed by atoms with Crippen LogP contribution in [0.1, 0.15) is 30.7 Å². The van der Waals surface area contributed by atoms with Gasteiger partial charge in [0.1, 0.15) is 5.15 Å². The van der Waals surface area contributed by atoms with Gasteiger partial charge in [-0.1, -0.05) is 47.1 Å². The highest BCUT2D eigenvalue weighted by Crippen LogP contribution is 2.65. The summed E-state index contributed by atoms with van der Waals surface area (Å²) in [6, 6.07) is 10.0. The van der Waals surface area contributed by atoms with Crippen molar-refractivity contribution in [3.63, 3.8) is 0 Å². The van der Waals surface area contributed by atoms with Crippen molar-refractivity contribution in [2.45, 2.75) is 36.8 Å². The Hall–Kier alpha value is -2.18. The predicted molar refractivity (Wildman–Crippen MR) is 88.5 cm³/mol. The van der Waals surface area contributed by atoms with E-state index in [9.17, 15) is 0 Å². The van der Waals surface area contributed by atoms with E-state index in [0.29, 0.717) is 23.2 Å². The summed E-state index contributed by atoms with van der Waals surface area (Å²) in [5.74, 6) is 1.17. The second-order valence-corrected chi connectivity index (χ2v) is 7.45. The zero-order valence-electron chi connectivity index (χ0n) is 12.9. The molecule has 0 amide bonds. The van der Waals surface area contributed by atoms with Crippen molar-refractivity contribution in [1.29, 1.82) is 0 Å². The topological polar surface area (TPSA) is 82.8 Å². The van der Waals surface area contributed by atoms with Crippen molar-refractivity contribution in [1.82, 2.24) is 19.9 Å². The lowest BCUT2D eigenvalue weighted by Crippen LogP contribution is -2.74. The summed E-state index contributed by atoms with van der Waals surface area (Å²) in [5, 5.41) is 9.00. The summed E-state index contributed by atoms with van der Waals surface area (Å²) in [6.07, 6.45) is 4.51. The molecule has 2 aromatic heterocycles.